The van der Waals surface area contributed by atoms with Crippen LogP contribution in [0.25, 0.3) is 22.3 Å². The Labute approximate surface area is 261 Å². The van der Waals surface area contributed by atoms with Crippen molar-refractivity contribution >= 4 is 17.1 Å². The summed E-state index contributed by atoms with van der Waals surface area (Å²) < 4.78 is 2.26. The van der Waals surface area contributed by atoms with Crippen molar-refractivity contribution in [3.8, 4) is 11.1 Å². The van der Waals surface area contributed by atoms with Gasteiger partial charge in [-0.15, -0.1) is 0 Å². The van der Waals surface area contributed by atoms with Gasteiger partial charge < -0.3 is 9.88 Å². The number of hydrogen-bond donors (Lipinski definition) is 1. The topological polar surface area (TPSA) is 63.1 Å². The second-order valence-corrected chi connectivity index (χ2v) is 12.2. The molecule has 44 heavy (non-hydrogen) atoms. The Balaban J connectivity index is 1.22. The zero-order chi connectivity index (χ0) is 30.5. The molecule has 3 aromatic carbocycles. The lowest BCUT2D eigenvalue weighted by Crippen LogP contribution is -2.23. The van der Waals surface area contributed by atoms with E-state index in [1.807, 2.05) is 25.1 Å². The van der Waals surface area contributed by atoms with Gasteiger partial charge in [-0.25, -0.2) is 9.97 Å². The number of benzene rings is 3. The molecule has 6 rings (SSSR count). The first-order valence-corrected chi connectivity index (χ1v) is 16.0. The normalized spacial score (nSPS) is 13.5. The van der Waals surface area contributed by atoms with Crippen molar-refractivity contribution in [3.63, 3.8) is 0 Å². The zero-order valence-corrected chi connectivity index (χ0v) is 26.3. The molecule has 3 heterocycles. The van der Waals surface area contributed by atoms with Crippen LogP contribution in [-0.4, -0.2) is 38.4 Å². The monoisotopic (exact) mass is 585 g/mol. The second kappa shape index (κ2) is 13.6. The van der Waals surface area contributed by atoms with Crippen LogP contribution in [0.3, 0.4) is 0 Å². The van der Waals surface area contributed by atoms with E-state index in [1.54, 1.807) is 0 Å². The van der Waals surface area contributed by atoms with Gasteiger partial charge >= 0.3 is 0 Å². The minimum absolute atomic E-state index is 0.0784. The lowest BCUT2D eigenvalue weighted by atomic mass is 9.96. The Morgan fingerprint density at radius 2 is 1.59 bits per heavy atom. The minimum Gasteiger partial charge on any atom is -0.352 e. The summed E-state index contributed by atoms with van der Waals surface area (Å²) in [4.78, 5) is 25.1. The van der Waals surface area contributed by atoms with Crippen LogP contribution in [0.5, 0.6) is 0 Å². The molecule has 1 fully saturated rings. The largest absolute Gasteiger partial charge is 0.352 e. The van der Waals surface area contributed by atoms with Crippen LogP contribution in [0.2, 0.25) is 0 Å². The van der Waals surface area contributed by atoms with Crippen molar-refractivity contribution in [2.45, 2.75) is 72.5 Å². The molecular formula is C38H43N5O. The molecule has 0 bridgehead atoms. The standard InChI is InChI=1S/C38H43N5O/c1-4-35-41-37-27(2)22-28(3)40-38(37)43(35)26-30-12-16-32(17-13-30)34-23-31(25-42-20-8-9-21-42)14-18-33(34)24-39-36(44)19-15-29-10-6-5-7-11-29/h5-7,10-14,16-18,22-23H,4,8-9,15,19-21,24-26H2,1-3H3,(H,39,44). The van der Waals surface area contributed by atoms with Crippen LogP contribution in [0.4, 0.5) is 0 Å². The summed E-state index contributed by atoms with van der Waals surface area (Å²) in [6, 6.07) is 27.9. The van der Waals surface area contributed by atoms with E-state index in [9.17, 15) is 4.79 Å². The van der Waals surface area contributed by atoms with E-state index in [0.29, 0.717) is 13.0 Å². The molecule has 1 aliphatic heterocycles. The summed E-state index contributed by atoms with van der Waals surface area (Å²) >= 11 is 0. The molecule has 5 aromatic rings. The van der Waals surface area contributed by atoms with Gasteiger partial charge in [-0.05, 0) is 97.3 Å². The lowest BCUT2D eigenvalue weighted by molar-refractivity contribution is -0.121. The molecule has 6 heteroatoms. The third kappa shape index (κ3) is 6.92. The average molecular weight is 586 g/mol. The Morgan fingerprint density at radius 1 is 0.841 bits per heavy atom. The number of carbonyl (C=O) groups excluding carboxylic acids is 1. The SMILES string of the molecule is CCc1nc2c(C)cc(C)nc2n1Cc1ccc(-c2cc(CN3CCCC3)ccc2CNC(=O)CCc2ccccc2)cc1. The van der Waals surface area contributed by atoms with Crippen molar-refractivity contribution in [1.29, 1.82) is 0 Å². The third-order valence-electron chi connectivity index (χ3n) is 8.76. The number of aryl methyl sites for hydroxylation is 4. The maximum atomic E-state index is 12.8. The first kappa shape index (κ1) is 29.8. The minimum atomic E-state index is 0.0784. The van der Waals surface area contributed by atoms with E-state index < -0.39 is 0 Å². The van der Waals surface area contributed by atoms with Crippen molar-refractivity contribution in [2.24, 2.45) is 0 Å². The Kier molecular flexibility index (Phi) is 9.17. The van der Waals surface area contributed by atoms with Crippen LogP contribution in [-0.2, 0) is 37.3 Å². The number of carbonyl (C=O) groups is 1. The van der Waals surface area contributed by atoms with Gasteiger partial charge in [0.2, 0.25) is 5.91 Å². The van der Waals surface area contributed by atoms with Crippen molar-refractivity contribution < 1.29 is 4.79 Å². The Bertz CT molecular complexity index is 1730. The predicted molar refractivity (Wildman–Crippen MR) is 178 cm³/mol. The fourth-order valence-electron chi connectivity index (χ4n) is 6.39. The first-order chi connectivity index (χ1) is 21.5. The molecule has 1 saturated heterocycles. The van der Waals surface area contributed by atoms with Crippen LogP contribution in [0, 0.1) is 13.8 Å². The summed E-state index contributed by atoms with van der Waals surface area (Å²) in [5.41, 5.74) is 11.4. The van der Waals surface area contributed by atoms with Gasteiger partial charge in [0.05, 0.1) is 6.54 Å². The number of amides is 1. The molecule has 6 nitrogen and oxygen atoms in total. The van der Waals surface area contributed by atoms with Gasteiger partial charge in [-0.2, -0.15) is 0 Å². The number of hydrogen-bond acceptors (Lipinski definition) is 4. The number of pyridine rings is 1. The highest BCUT2D eigenvalue weighted by Gasteiger charge is 2.16. The highest BCUT2D eigenvalue weighted by atomic mass is 16.1. The molecule has 1 aliphatic rings. The van der Waals surface area contributed by atoms with E-state index in [-0.39, 0.29) is 5.91 Å². The summed E-state index contributed by atoms with van der Waals surface area (Å²) in [6.45, 7) is 10.9. The van der Waals surface area contributed by atoms with Crippen molar-refractivity contribution in [1.82, 2.24) is 24.8 Å². The number of nitrogens with one attached hydrogen (secondary N) is 1. The molecule has 1 amide bonds. The van der Waals surface area contributed by atoms with Crippen LogP contribution >= 0.6 is 0 Å². The van der Waals surface area contributed by atoms with Gasteiger partial charge in [-0.3, -0.25) is 9.69 Å². The van der Waals surface area contributed by atoms with Crippen LogP contribution < -0.4 is 5.32 Å². The van der Waals surface area contributed by atoms with E-state index in [1.165, 1.54) is 59.3 Å². The summed E-state index contributed by atoms with van der Waals surface area (Å²) in [7, 11) is 0. The van der Waals surface area contributed by atoms with E-state index in [2.05, 4.69) is 89.3 Å². The fraction of sp³-hybridized carbons (Fsp3) is 0.342. The van der Waals surface area contributed by atoms with Gasteiger partial charge in [0.1, 0.15) is 11.3 Å². The maximum absolute atomic E-state index is 12.8. The molecule has 0 spiro atoms. The molecule has 0 atom stereocenters. The number of aromatic nitrogens is 3. The summed E-state index contributed by atoms with van der Waals surface area (Å²) in [5, 5.41) is 3.19. The summed E-state index contributed by atoms with van der Waals surface area (Å²) in [5.74, 6) is 1.14. The van der Waals surface area contributed by atoms with Gasteiger partial charge in [-0.1, -0.05) is 73.7 Å². The van der Waals surface area contributed by atoms with E-state index >= 15 is 0 Å². The zero-order valence-electron chi connectivity index (χ0n) is 26.3. The van der Waals surface area contributed by atoms with Crippen molar-refractivity contribution in [3.05, 3.63) is 118 Å². The van der Waals surface area contributed by atoms with Gasteiger partial charge in [0, 0.05) is 31.6 Å². The van der Waals surface area contributed by atoms with Crippen LogP contribution in [0.1, 0.15) is 65.5 Å². The number of likely N-dealkylation sites (tertiary alicyclic amines) is 1. The highest BCUT2D eigenvalue weighted by molar-refractivity contribution is 5.77. The van der Waals surface area contributed by atoms with Crippen LogP contribution in [0.15, 0.2) is 78.9 Å². The fourth-order valence-corrected chi connectivity index (χ4v) is 6.39. The first-order valence-electron chi connectivity index (χ1n) is 16.0. The quantitative estimate of drug-likeness (QED) is 0.179. The number of imidazole rings is 1. The Hall–Kier alpha value is -4.29. The average Bonchev–Trinajstić information content (AvgIpc) is 3.68. The molecule has 0 radical (unpaired) electrons. The maximum Gasteiger partial charge on any atom is 0.220 e. The number of fused-ring (bicyclic) bond motifs is 1. The molecule has 2 aromatic heterocycles. The van der Waals surface area contributed by atoms with E-state index in [4.69, 9.17) is 9.97 Å². The number of nitrogens with zero attached hydrogens (tertiary/aromatic N) is 4. The second-order valence-electron chi connectivity index (χ2n) is 12.2. The lowest BCUT2D eigenvalue weighted by Gasteiger charge is -2.18. The summed E-state index contributed by atoms with van der Waals surface area (Å²) in [6.07, 6.45) is 4.65. The molecule has 1 N–H and O–H groups in total. The van der Waals surface area contributed by atoms with E-state index in [0.717, 1.165) is 54.2 Å². The predicted octanol–water partition coefficient (Wildman–Crippen LogP) is 7.17. The highest BCUT2D eigenvalue weighted by Crippen LogP contribution is 2.28. The smallest absolute Gasteiger partial charge is 0.220 e. The molecule has 0 unspecified atom stereocenters. The molecule has 0 aliphatic carbocycles. The molecular weight excluding hydrogens is 542 g/mol. The Morgan fingerprint density at radius 3 is 2.34 bits per heavy atom. The molecule has 0 saturated carbocycles. The third-order valence-corrected chi connectivity index (χ3v) is 8.76. The van der Waals surface area contributed by atoms with Crippen molar-refractivity contribution in [2.75, 3.05) is 13.1 Å². The number of rotatable bonds is 11. The molecule has 226 valence electrons. The van der Waals surface area contributed by atoms with Gasteiger partial charge in [0.25, 0.3) is 0 Å². The van der Waals surface area contributed by atoms with Gasteiger partial charge in [0.15, 0.2) is 5.65 Å².